The van der Waals surface area contributed by atoms with Gasteiger partial charge in [0, 0.05) is 63.3 Å². The molecule has 1 amide bonds. The Morgan fingerprint density at radius 2 is 1.84 bits per heavy atom. The van der Waals surface area contributed by atoms with Gasteiger partial charge in [0.25, 0.3) is 0 Å². The fourth-order valence-corrected chi connectivity index (χ4v) is 6.05. The maximum atomic E-state index is 12.6. The number of carbonyl (C=O) groups excluding carboxylic acids is 1. The SMILES string of the molecule is CCNC(=NCCN1CCN(C(=O)C2CCCC2)CC1)NC1CC(OCC)C12CCC2. The van der Waals surface area contributed by atoms with Crippen LogP contribution in [0.3, 0.4) is 0 Å². The van der Waals surface area contributed by atoms with Crippen molar-refractivity contribution in [3.63, 3.8) is 0 Å². The number of carbonyl (C=O) groups is 1. The van der Waals surface area contributed by atoms with Crippen molar-refractivity contribution in [3.8, 4) is 0 Å². The van der Waals surface area contributed by atoms with Crippen molar-refractivity contribution in [1.82, 2.24) is 20.4 Å². The second-order valence-corrected chi connectivity index (χ2v) is 9.87. The standard InChI is InChI=1S/C24H43N5O2/c1-3-25-23(27-20-18-21(31-4-2)24(20)10-7-11-24)26-12-13-28-14-16-29(17-15-28)22(30)19-8-5-6-9-19/h19-21H,3-18H2,1-2H3,(H2,25,26,27). The van der Waals surface area contributed by atoms with Gasteiger partial charge in [-0.05, 0) is 46.0 Å². The van der Waals surface area contributed by atoms with Gasteiger partial charge in [-0.2, -0.15) is 0 Å². The van der Waals surface area contributed by atoms with E-state index in [9.17, 15) is 4.79 Å². The third kappa shape index (κ3) is 5.03. The summed E-state index contributed by atoms with van der Waals surface area (Å²) in [4.78, 5) is 22.1. The first-order chi connectivity index (χ1) is 15.2. The number of rotatable bonds is 8. The molecule has 4 rings (SSSR count). The van der Waals surface area contributed by atoms with Gasteiger partial charge in [0.15, 0.2) is 5.96 Å². The van der Waals surface area contributed by atoms with E-state index in [1.54, 1.807) is 0 Å². The second-order valence-electron chi connectivity index (χ2n) is 9.87. The van der Waals surface area contributed by atoms with Crippen LogP contribution in [-0.4, -0.2) is 86.2 Å². The molecule has 0 aromatic heterocycles. The Kier molecular flexibility index (Phi) is 7.75. The number of piperazine rings is 1. The first-order valence-electron chi connectivity index (χ1n) is 12.8. The highest BCUT2D eigenvalue weighted by molar-refractivity contribution is 5.80. The molecule has 176 valence electrons. The first-order valence-corrected chi connectivity index (χ1v) is 12.8. The molecule has 2 unspecified atom stereocenters. The zero-order chi connectivity index (χ0) is 21.7. The summed E-state index contributed by atoms with van der Waals surface area (Å²) in [6.07, 6.45) is 10.0. The summed E-state index contributed by atoms with van der Waals surface area (Å²) in [6.45, 7) is 11.4. The Hall–Kier alpha value is -1.34. The van der Waals surface area contributed by atoms with E-state index in [2.05, 4.69) is 34.3 Å². The quantitative estimate of drug-likeness (QED) is 0.454. The Bertz CT molecular complexity index is 621. The minimum atomic E-state index is 0.303. The first kappa shape index (κ1) is 22.8. The number of aliphatic imine (C=N–C) groups is 1. The molecule has 2 N–H and O–H groups in total. The Balaban J connectivity index is 1.20. The van der Waals surface area contributed by atoms with Crippen LogP contribution in [0, 0.1) is 11.3 Å². The van der Waals surface area contributed by atoms with Crippen LogP contribution in [0.15, 0.2) is 4.99 Å². The highest BCUT2D eigenvalue weighted by atomic mass is 16.5. The summed E-state index contributed by atoms with van der Waals surface area (Å²) in [5.74, 6) is 1.66. The largest absolute Gasteiger partial charge is 0.378 e. The van der Waals surface area contributed by atoms with Crippen molar-refractivity contribution >= 4 is 11.9 Å². The molecule has 7 nitrogen and oxygen atoms in total. The molecule has 1 spiro atoms. The number of guanidine groups is 1. The molecule has 4 aliphatic rings. The molecular weight excluding hydrogens is 390 g/mol. The van der Waals surface area contributed by atoms with Crippen molar-refractivity contribution in [2.45, 2.75) is 77.4 Å². The van der Waals surface area contributed by atoms with E-state index in [0.717, 1.165) is 77.6 Å². The van der Waals surface area contributed by atoms with Gasteiger partial charge in [0.2, 0.25) is 5.91 Å². The van der Waals surface area contributed by atoms with Crippen LogP contribution in [0.4, 0.5) is 0 Å². The minimum absolute atomic E-state index is 0.303. The lowest BCUT2D eigenvalue weighted by molar-refractivity contribution is -0.168. The summed E-state index contributed by atoms with van der Waals surface area (Å²) >= 11 is 0. The number of hydrogen-bond donors (Lipinski definition) is 2. The van der Waals surface area contributed by atoms with Crippen molar-refractivity contribution in [2.24, 2.45) is 16.3 Å². The van der Waals surface area contributed by atoms with Crippen LogP contribution < -0.4 is 10.6 Å². The highest BCUT2D eigenvalue weighted by Crippen LogP contribution is 2.57. The third-order valence-electron chi connectivity index (χ3n) is 8.17. The molecule has 1 aliphatic heterocycles. The lowest BCUT2D eigenvalue weighted by Crippen LogP contribution is -2.68. The van der Waals surface area contributed by atoms with Gasteiger partial charge in [0.05, 0.1) is 12.6 Å². The monoisotopic (exact) mass is 433 g/mol. The highest BCUT2D eigenvalue weighted by Gasteiger charge is 2.59. The van der Waals surface area contributed by atoms with Gasteiger partial charge < -0.3 is 20.3 Å². The van der Waals surface area contributed by atoms with Gasteiger partial charge in [-0.1, -0.05) is 19.3 Å². The minimum Gasteiger partial charge on any atom is -0.378 e. The van der Waals surface area contributed by atoms with E-state index in [-0.39, 0.29) is 0 Å². The van der Waals surface area contributed by atoms with E-state index >= 15 is 0 Å². The number of hydrogen-bond acceptors (Lipinski definition) is 4. The fraction of sp³-hybridized carbons (Fsp3) is 0.917. The zero-order valence-electron chi connectivity index (χ0n) is 19.7. The number of amides is 1. The molecule has 4 fully saturated rings. The topological polar surface area (TPSA) is 69.2 Å². The predicted molar refractivity (Wildman–Crippen MR) is 124 cm³/mol. The van der Waals surface area contributed by atoms with E-state index in [1.165, 1.54) is 32.1 Å². The molecule has 0 bridgehead atoms. The van der Waals surface area contributed by atoms with Crippen LogP contribution in [0.1, 0.15) is 65.2 Å². The summed E-state index contributed by atoms with van der Waals surface area (Å²) in [6, 6.07) is 0.487. The average Bonchev–Trinajstić information content (AvgIpc) is 3.26. The molecular formula is C24H43N5O2. The van der Waals surface area contributed by atoms with Crippen LogP contribution in [0.25, 0.3) is 0 Å². The smallest absolute Gasteiger partial charge is 0.225 e. The number of nitrogens with one attached hydrogen (secondary N) is 2. The molecule has 1 saturated heterocycles. The average molecular weight is 434 g/mol. The summed E-state index contributed by atoms with van der Waals surface area (Å²) < 4.78 is 5.99. The summed E-state index contributed by atoms with van der Waals surface area (Å²) in [5.41, 5.74) is 0.342. The summed E-state index contributed by atoms with van der Waals surface area (Å²) in [5, 5.41) is 7.15. The van der Waals surface area contributed by atoms with E-state index in [1.807, 2.05) is 0 Å². The van der Waals surface area contributed by atoms with Gasteiger partial charge in [-0.25, -0.2) is 0 Å². The lowest BCUT2D eigenvalue weighted by Gasteiger charge is -2.61. The molecule has 3 aliphatic carbocycles. The molecule has 0 aromatic carbocycles. The summed E-state index contributed by atoms with van der Waals surface area (Å²) in [7, 11) is 0. The lowest BCUT2D eigenvalue weighted by atomic mass is 9.51. The van der Waals surface area contributed by atoms with Crippen LogP contribution in [0.5, 0.6) is 0 Å². The zero-order valence-corrected chi connectivity index (χ0v) is 19.7. The predicted octanol–water partition coefficient (Wildman–Crippen LogP) is 2.22. The van der Waals surface area contributed by atoms with Crippen LogP contribution >= 0.6 is 0 Å². The van der Waals surface area contributed by atoms with Crippen molar-refractivity contribution in [3.05, 3.63) is 0 Å². The van der Waals surface area contributed by atoms with Gasteiger partial charge in [-0.3, -0.25) is 14.7 Å². The van der Waals surface area contributed by atoms with Crippen molar-refractivity contribution < 1.29 is 9.53 Å². The maximum absolute atomic E-state index is 12.6. The number of nitrogens with zero attached hydrogens (tertiary/aromatic N) is 3. The van der Waals surface area contributed by atoms with Crippen molar-refractivity contribution in [2.75, 3.05) is 52.4 Å². The molecule has 7 heteroatoms. The van der Waals surface area contributed by atoms with Crippen LogP contribution in [-0.2, 0) is 9.53 Å². The Morgan fingerprint density at radius 3 is 2.45 bits per heavy atom. The van der Waals surface area contributed by atoms with Crippen LogP contribution in [0.2, 0.25) is 0 Å². The number of ether oxygens (including phenoxy) is 1. The van der Waals surface area contributed by atoms with Gasteiger partial charge >= 0.3 is 0 Å². The Labute approximate surface area is 188 Å². The second kappa shape index (κ2) is 10.5. The van der Waals surface area contributed by atoms with E-state index in [0.29, 0.717) is 29.4 Å². The molecule has 0 radical (unpaired) electrons. The normalized spacial score (nSPS) is 29.0. The molecule has 31 heavy (non-hydrogen) atoms. The molecule has 3 saturated carbocycles. The maximum Gasteiger partial charge on any atom is 0.225 e. The van der Waals surface area contributed by atoms with E-state index in [4.69, 9.17) is 9.73 Å². The Morgan fingerprint density at radius 1 is 1.10 bits per heavy atom. The third-order valence-corrected chi connectivity index (χ3v) is 8.17. The molecule has 1 heterocycles. The molecule has 0 aromatic rings. The van der Waals surface area contributed by atoms with Crippen molar-refractivity contribution in [1.29, 1.82) is 0 Å². The molecule has 2 atom stereocenters. The fourth-order valence-electron chi connectivity index (χ4n) is 6.05. The van der Waals surface area contributed by atoms with Gasteiger partial charge in [0.1, 0.15) is 0 Å². The van der Waals surface area contributed by atoms with Gasteiger partial charge in [-0.15, -0.1) is 0 Å². The van der Waals surface area contributed by atoms with E-state index < -0.39 is 0 Å².